The summed E-state index contributed by atoms with van der Waals surface area (Å²) in [6, 6.07) is 15.4. The second-order valence-corrected chi connectivity index (χ2v) is 7.42. The van der Waals surface area contributed by atoms with Crippen molar-refractivity contribution in [3.05, 3.63) is 54.6 Å². The quantitative estimate of drug-likeness (QED) is 0.740. The third kappa shape index (κ3) is 5.96. The molecule has 0 radical (unpaired) electrons. The molecule has 2 N–H and O–H groups in total. The van der Waals surface area contributed by atoms with Gasteiger partial charge in [0.25, 0.3) is 0 Å². The SMILES string of the molecule is CCOc1ccc(N(CCNC(=O)Nc2ccccc2)S(C)(=O)=O)cc1. The molecule has 0 saturated carbocycles. The largest absolute Gasteiger partial charge is 0.494 e. The number of anilines is 2. The fourth-order valence-electron chi connectivity index (χ4n) is 2.33. The number of ether oxygens (including phenoxy) is 1. The highest BCUT2D eigenvalue weighted by Crippen LogP contribution is 2.21. The molecule has 0 saturated heterocycles. The van der Waals surface area contributed by atoms with Crippen molar-refractivity contribution in [3.63, 3.8) is 0 Å². The topological polar surface area (TPSA) is 87.7 Å². The maximum atomic E-state index is 12.1. The highest BCUT2D eigenvalue weighted by molar-refractivity contribution is 7.92. The molecule has 0 aromatic heterocycles. The number of urea groups is 1. The summed E-state index contributed by atoms with van der Waals surface area (Å²) in [7, 11) is -3.48. The summed E-state index contributed by atoms with van der Waals surface area (Å²) < 4.78 is 30.8. The molecule has 2 amide bonds. The van der Waals surface area contributed by atoms with Crippen LogP contribution < -0.4 is 19.7 Å². The van der Waals surface area contributed by atoms with Gasteiger partial charge >= 0.3 is 6.03 Å². The molecule has 0 bridgehead atoms. The lowest BCUT2D eigenvalue weighted by Crippen LogP contribution is -2.39. The van der Waals surface area contributed by atoms with E-state index in [1.54, 1.807) is 36.4 Å². The van der Waals surface area contributed by atoms with Gasteiger partial charge in [0.1, 0.15) is 5.75 Å². The van der Waals surface area contributed by atoms with Gasteiger partial charge in [-0.15, -0.1) is 0 Å². The Bertz CT molecular complexity index is 808. The van der Waals surface area contributed by atoms with Gasteiger partial charge in [0.15, 0.2) is 0 Å². The molecule has 0 fully saturated rings. The monoisotopic (exact) mass is 377 g/mol. The Balaban J connectivity index is 1.95. The predicted octanol–water partition coefficient (Wildman–Crippen LogP) is 2.67. The normalized spacial score (nSPS) is 10.8. The zero-order valence-corrected chi connectivity index (χ0v) is 15.6. The molecule has 0 unspecified atom stereocenters. The first-order valence-electron chi connectivity index (χ1n) is 8.20. The summed E-state index contributed by atoms with van der Waals surface area (Å²) in [5.74, 6) is 0.671. The highest BCUT2D eigenvalue weighted by atomic mass is 32.2. The molecule has 0 aliphatic heterocycles. The number of rotatable bonds is 8. The minimum atomic E-state index is -3.48. The Kier molecular flexibility index (Phi) is 6.85. The van der Waals surface area contributed by atoms with Crippen LogP contribution in [0.2, 0.25) is 0 Å². The van der Waals surface area contributed by atoms with E-state index in [9.17, 15) is 13.2 Å². The van der Waals surface area contributed by atoms with Crippen molar-refractivity contribution < 1.29 is 17.9 Å². The molecular weight excluding hydrogens is 354 g/mol. The van der Waals surface area contributed by atoms with Gasteiger partial charge in [-0.3, -0.25) is 4.31 Å². The number of amides is 2. The second-order valence-electron chi connectivity index (χ2n) is 5.51. The number of carbonyl (C=O) groups is 1. The molecule has 0 aliphatic rings. The minimum absolute atomic E-state index is 0.120. The average Bonchev–Trinajstić information content (AvgIpc) is 2.60. The van der Waals surface area contributed by atoms with Gasteiger partial charge in [0, 0.05) is 12.2 Å². The number of para-hydroxylation sites is 1. The lowest BCUT2D eigenvalue weighted by molar-refractivity contribution is 0.252. The van der Waals surface area contributed by atoms with Gasteiger partial charge in [-0.2, -0.15) is 0 Å². The zero-order valence-electron chi connectivity index (χ0n) is 14.8. The first-order chi connectivity index (χ1) is 12.4. The van der Waals surface area contributed by atoms with Gasteiger partial charge in [-0.05, 0) is 43.3 Å². The Hall–Kier alpha value is -2.74. The van der Waals surface area contributed by atoms with E-state index in [2.05, 4.69) is 10.6 Å². The van der Waals surface area contributed by atoms with Gasteiger partial charge in [0.2, 0.25) is 10.0 Å². The number of sulfonamides is 1. The molecule has 2 rings (SSSR count). The van der Waals surface area contributed by atoms with Crippen molar-refractivity contribution in [2.75, 3.05) is 35.6 Å². The minimum Gasteiger partial charge on any atom is -0.494 e. The lowest BCUT2D eigenvalue weighted by Gasteiger charge is -2.23. The Morgan fingerprint density at radius 2 is 1.73 bits per heavy atom. The maximum absolute atomic E-state index is 12.1. The van der Waals surface area contributed by atoms with Crippen LogP contribution in [0.15, 0.2) is 54.6 Å². The lowest BCUT2D eigenvalue weighted by atomic mass is 10.3. The van der Waals surface area contributed by atoms with Gasteiger partial charge in [-0.1, -0.05) is 18.2 Å². The predicted molar refractivity (Wildman–Crippen MR) is 103 cm³/mol. The molecule has 2 aromatic rings. The van der Waals surface area contributed by atoms with E-state index in [1.807, 2.05) is 25.1 Å². The van der Waals surface area contributed by atoms with E-state index in [1.165, 1.54) is 4.31 Å². The Morgan fingerprint density at radius 1 is 1.08 bits per heavy atom. The van der Waals surface area contributed by atoms with Gasteiger partial charge < -0.3 is 15.4 Å². The summed E-state index contributed by atoms with van der Waals surface area (Å²) in [5.41, 5.74) is 1.18. The molecule has 140 valence electrons. The van der Waals surface area contributed by atoms with Crippen LogP contribution in [0.3, 0.4) is 0 Å². The zero-order chi connectivity index (χ0) is 19.0. The van der Waals surface area contributed by atoms with Crippen molar-refractivity contribution in [1.29, 1.82) is 0 Å². The summed E-state index contributed by atoms with van der Waals surface area (Å²) >= 11 is 0. The van der Waals surface area contributed by atoms with Crippen molar-refractivity contribution in [1.82, 2.24) is 5.32 Å². The fraction of sp³-hybridized carbons (Fsp3) is 0.278. The van der Waals surface area contributed by atoms with Crippen molar-refractivity contribution in [3.8, 4) is 5.75 Å². The summed E-state index contributed by atoms with van der Waals surface area (Å²) in [4.78, 5) is 11.9. The van der Waals surface area contributed by atoms with Crippen LogP contribution in [0.5, 0.6) is 5.75 Å². The Morgan fingerprint density at radius 3 is 2.31 bits per heavy atom. The number of benzene rings is 2. The van der Waals surface area contributed by atoms with Crippen LogP contribution in [0.25, 0.3) is 0 Å². The molecule has 0 aliphatic carbocycles. The van der Waals surface area contributed by atoms with E-state index in [4.69, 9.17) is 4.74 Å². The number of hydrogen-bond donors (Lipinski definition) is 2. The van der Waals surface area contributed by atoms with Crippen LogP contribution in [-0.2, 0) is 10.0 Å². The van der Waals surface area contributed by atoms with E-state index in [0.29, 0.717) is 23.7 Å². The standard InChI is InChI=1S/C18H23N3O4S/c1-3-25-17-11-9-16(10-12-17)21(26(2,23)24)14-13-19-18(22)20-15-7-5-4-6-8-15/h4-12H,3,13-14H2,1-2H3,(H2,19,20,22). The highest BCUT2D eigenvalue weighted by Gasteiger charge is 2.17. The Labute approximate surface area is 154 Å². The van der Waals surface area contributed by atoms with Gasteiger partial charge in [0.05, 0.1) is 25.1 Å². The van der Waals surface area contributed by atoms with Crippen LogP contribution in [0.4, 0.5) is 16.2 Å². The molecule has 0 heterocycles. The molecule has 7 nitrogen and oxygen atoms in total. The van der Waals surface area contributed by atoms with E-state index < -0.39 is 16.1 Å². The van der Waals surface area contributed by atoms with E-state index >= 15 is 0 Å². The van der Waals surface area contributed by atoms with Gasteiger partial charge in [-0.25, -0.2) is 13.2 Å². The number of nitrogens with zero attached hydrogens (tertiary/aromatic N) is 1. The molecular formula is C18H23N3O4S. The van der Waals surface area contributed by atoms with Crippen molar-refractivity contribution >= 4 is 27.4 Å². The molecule has 0 spiro atoms. The maximum Gasteiger partial charge on any atom is 0.319 e. The van der Waals surface area contributed by atoms with Crippen LogP contribution in [-0.4, -0.2) is 40.4 Å². The second kappa shape index (κ2) is 9.10. The molecule has 0 atom stereocenters. The number of hydrogen-bond acceptors (Lipinski definition) is 4. The number of carbonyl (C=O) groups excluding carboxylic acids is 1. The average molecular weight is 377 g/mol. The van der Waals surface area contributed by atoms with Crippen LogP contribution in [0, 0.1) is 0 Å². The molecule has 26 heavy (non-hydrogen) atoms. The van der Waals surface area contributed by atoms with E-state index in [0.717, 1.165) is 6.26 Å². The van der Waals surface area contributed by atoms with Crippen molar-refractivity contribution in [2.45, 2.75) is 6.92 Å². The summed E-state index contributed by atoms with van der Waals surface area (Å²) in [5, 5.41) is 5.34. The fourth-order valence-corrected chi connectivity index (χ4v) is 3.26. The first kappa shape index (κ1) is 19.6. The summed E-state index contributed by atoms with van der Waals surface area (Å²) in [6.45, 7) is 2.70. The summed E-state index contributed by atoms with van der Waals surface area (Å²) in [6.07, 6.45) is 1.13. The third-order valence-electron chi connectivity index (χ3n) is 3.47. The van der Waals surface area contributed by atoms with Crippen molar-refractivity contribution in [2.24, 2.45) is 0 Å². The molecule has 8 heteroatoms. The molecule has 2 aromatic carbocycles. The number of nitrogens with one attached hydrogen (secondary N) is 2. The third-order valence-corrected chi connectivity index (χ3v) is 4.66. The van der Waals surface area contributed by atoms with Crippen LogP contribution >= 0.6 is 0 Å². The first-order valence-corrected chi connectivity index (χ1v) is 10.1. The van der Waals surface area contributed by atoms with E-state index in [-0.39, 0.29) is 13.1 Å². The smallest absolute Gasteiger partial charge is 0.319 e. The van der Waals surface area contributed by atoms with Crippen LogP contribution in [0.1, 0.15) is 6.92 Å².